The summed E-state index contributed by atoms with van der Waals surface area (Å²) in [5, 5.41) is 6.47. The van der Waals surface area contributed by atoms with Crippen LogP contribution in [0.5, 0.6) is 0 Å². The Morgan fingerprint density at radius 1 is 1.53 bits per heavy atom. The number of hydrogen-bond donors (Lipinski definition) is 1. The maximum absolute atomic E-state index is 11.7. The number of likely N-dealkylation sites (N-methyl/N-ethyl adjacent to an activating group) is 1. The Morgan fingerprint density at radius 3 is 2.65 bits per heavy atom. The minimum Gasteiger partial charge on any atom is -0.347 e. The monoisotopic (exact) mass is 255 g/mol. The van der Waals surface area contributed by atoms with E-state index >= 15 is 0 Å². The van der Waals surface area contributed by atoms with E-state index in [-0.39, 0.29) is 18.0 Å². The molecule has 1 heterocycles. The summed E-state index contributed by atoms with van der Waals surface area (Å²) >= 11 is 1.67. The highest BCUT2D eigenvalue weighted by atomic mass is 32.1. The SMILES string of the molecule is CCc1nc([C@@H](C)N[C@H](C)C(=O)N(C)C)cs1. The molecule has 0 saturated carbocycles. The number of thiazole rings is 1. The Morgan fingerprint density at radius 2 is 2.18 bits per heavy atom. The van der Waals surface area contributed by atoms with Crippen LogP contribution >= 0.6 is 11.3 Å². The summed E-state index contributed by atoms with van der Waals surface area (Å²) in [6, 6.07) is -0.0859. The Bertz CT molecular complexity index is 376. The third-order valence-corrected chi connectivity index (χ3v) is 3.64. The van der Waals surface area contributed by atoms with E-state index in [1.165, 1.54) is 0 Å². The van der Waals surface area contributed by atoms with Gasteiger partial charge in [0.1, 0.15) is 0 Å². The summed E-state index contributed by atoms with van der Waals surface area (Å²) in [6.07, 6.45) is 0.962. The van der Waals surface area contributed by atoms with E-state index in [0.717, 1.165) is 17.1 Å². The molecule has 0 unspecified atom stereocenters. The Balaban J connectivity index is 2.59. The first-order valence-corrected chi connectivity index (χ1v) is 6.75. The fourth-order valence-electron chi connectivity index (χ4n) is 1.61. The zero-order chi connectivity index (χ0) is 13.0. The average molecular weight is 255 g/mol. The van der Waals surface area contributed by atoms with Gasteiger partial charge in [-0.2, -0.15) is 0 Å². The van der Waals surface area contributed by atoms with Crippen molar-refractivity contribution in [1.82, 2.24) is 15.2 Å². The highest BCUT2D eigenvalue weighted by Crippen LogP contribution is 2.17. The van der Waals surface area contributed by atoms with E-state index in [2.05, 4.69) is 22.6 Å². The van der Waals surface area contributed by atoms with Gasteiger partial charge in [-0.1, -0.05) is 6.92 Å². The van der Waals surface area contributed by atoms with Gasteiger partial charge in [-0.3, -0.25) is 10.1 Å². The normalized spacial score (nSPS) is 14.4. The molecule has 4 nitrogen and oxygen atoms in total. The Labute approximate surface area is 107 Å². The zero-order valence-corrected chi connectivity index (χ0v) is 12.0. The van der Waals surface area contributed by atoms with Gasteiger partial charge in [-0.15, -0.1) is 11.3 Å². The number of nitrogens with zero attached hydrogens (tertiary/aromatic N) is 2. The van der Waals surface area contributed by atoms with Crippen LogP contribution in [-0.2, 0) is 11.2 Å². The van der Waals surface area contributed by atoms with Gasteiger partial charge in [-0.05, 0) is 20.3 Å². The zero-order valence-electron chi connectivity index (χ0n) is 11.2. The van der Waals surface area contributed by atoms with Crippen molar-refractivity contribution < 1.29 is 4.79 Å². The minimum atomic E-state index is -0.188. The van der Waals surface area contributed by atoms with Crippen LogP contribution in [0.2, 0.25) is 0 Å². The number of hydrogen-bond acceptors (Lipinski definition) is 4. The molecule has 0 saturated heterocycles. The van der Waals surface area contributed by atoms with Crippen LogP contribution in [-0.4, -0.2) is 35.9 Å². The molecule has 17 heavy (non-hydrogen) atoms. The van der Waals surface area contributed by atoms with Crippen LogP contribution in [0.15, 0.2) is 5.38 Å². The first kappa shape index (κ1) is 14.1. The van der Waals surface area contributed by atoms with E-state index in [4.69, 9.17) is 0 Å². The molecule has 1 amide bonds. The molecular weight excluding hydrogens is 234 g/mol. The van der Waals surface area contributed by atoms with Crippen molar-refractivity contribution in [2.24, 2.45) is 0 Å². The van der Waals surface area contributed by atoms with Gasteiger partial charge in [0.05, 0.1) is 16.7 Å². The first-order chi connectivity index (χ1) is 7.95. The molecule has 2 atom stereocenters. The number of rotatable bonds is 5. The number of nitrogens with one attached hydrogen (secondary N) is 1. The second-order valence-electron chi connectivity index (χ2n) is 4.36. The van der Waals surface area contributed by atoms with Crippen LogP contribution < -0.4 is 5.32 Å². The molecule has 0 spiro atoms. The summed E-state index contributed by atoms with van der Waals surface area (Å²) in [7, 11) is 3.53. The van der Waals surface area contributed by atoms with E-state index in [1.807, 2.05) is 13.8 Å². The van der Waals surface area contributed by atoms with Gasteiger partial charge >= 0.3 is 0 Å². The van der Waals surface area contributed by atoms with Crippen molar-refractivity contribution in [1.29, 1.82) is 0 Å². The number of carbonyl (C=O) groups is 1. The van der Waals surface area contributed by atoms with Gasteiger partial charge in [0.15, 0.2) is 0 Å². The van der Waals surface area contributed by atoms with Gasteiger partial charge < -0.3 is 4.90 Å². The molecule has 96 valence electrons. The Hall–Kier alpha value is -0.940. The quantitative estimate of drug-likeness (QED) is 0.873. The third kappa shape index (κ3) is 3.78. The fraction of sp³-hybridized carbons (Fsp3) is 0.667. The van der Waals surface area contributed by atoms with Gasteiger partial charge in [0.25, 0.3) is 0 Å². The van der Waals surface area contributed by atoms with Crippen LogP contribution in [0.1, 0.15) is 37.5 Å². The smallest absolute Gasteiger partial charge is 0.238 e. The molecule has 0 aliphatic rings. The van der Waals surface area contributed by atoms with Crippen molar-refractivity contribution in [2.75, 3.05) is 14.1 Å². The molecule has 0 aromatic carbocycles. The van der Waals surface area contributed by atoms with Crippen molar-refractivity contribution in [3.8, 4) is 0 Å². The largest absolute Gasteiger partial charge is 0.347 e. The van der Waals surface area contributed by atoms with E-state index in [1.54, 1.807) is 30.3 Å². The molecule has 0 aliphatic heterocycles. The van der Waals surface area contributed by atoms with Crippen molar-refractivity contribution in [3.63, 3.8) is 0 Å². The molecule has 0 bridgehead atoms. The predicted octanol–water partition coefficient (Wildman–Crippen LogP) is 1.83. The summed E-state index contributed by atoms with van der Waals surface area (Å²) < 4.78 is 0. The van der Waals surface area contributed by atoms with E-state index < -0.39 is 0 Å². The Kier molecular flexibility index (Phi) is 5.08. The van der Waals surface area contributed by atoms with Crippen LogP contribution in [0.25, 0.3) is 0 Å². The lowest BCUT2D eigenvalue weighted by Crippen LogP contribution is -2.42. The number of amides is 1. The first-order valence-electron chi connectivity index (χ1n) is 5.87. The topological polar surface area (TPSA) is 45.2 Å². The summed E-state index contributed by atoms with van der Waals surface area (Å²) in [5.41, 5.74) is 1.02. The third-order valence-electron chi connectivity index (χ3n) is 2.63. The molecule has 0 aliphatic carbocycles. The number of aromatic nitrogens is 1. The lowest BCUT2D eigenvalue weighted by molar-refractivity contribution is -0.130. The van der Waals surface area contributed by atoms with Gasteiger partial charge in [0.2, 0.25) is 5.91 Å². The molecule has 1 N–H and O–H groups in total. The standard InChI is InChI=1S/C12H21N3OS/c1-6-11-14-10(7-17-11)8(2)13-9(3)12(16)15(4)5/h7-9,13H,6H2,1-5H3/t8-,9-/m1/s1. The second kappa shape index (κ2) is 6.12. The minimum absolute atomic E-state index is 0.0859. The number of carbonyl (C=O) groups excluding carboxylic acids is 1. The van der Waals surface area contributed by atoms with Crippen LogP contribution in [0.3, 0.4) is 0 Å². The fourth-order valence-corrected chi connectivity index (χ4v) is 2.44. The van der Waals surface area contributed by atoms with Crippen molar-refractivity contribution >= 4 is 17.2 Å². The molecule has 1 rings (SSSR count). The van der Waals surface area contributed by atoms with E-state index in [0.29, 0.717) is 0 Å². The lowest BCUT2D eigenvalue weighted by atomic mass is 10.2. The summed E-state index contributed by atoms with van der Waals surface area (Å²) in [6.45, 7) is 6.01. The molecule has 1 aromatic heterocycles. The summed E-state index contributed by atoms with van der Waals surface area (Å²) in [5.74, 6) is 0.0859. The molecule has 0 radical (unpaired) electrons. The van der Waals surface area contributed by atoms with Gasteiger partial charge in [-0.25, -0.2) is 4.98 Å². The van der Waals surface area contributed by atoms with Gasteiger partial charge in [0, 0.05) is 25.5 Å². The lowest BCUT2D eigenvalue weighted by Gasteiger charge is -2.21. The number of aryl methyl sites for hydroxylation is 1. The average Bonchev–Trinajstić information content (AvgIpc) is 2.76. The van der Waals surface area contributed by atoms with Crippen molar-refractivity contribution in [3.05, 3.63) is 16.1 Å². The highest BCUT2D eigenvalue weighted by molar-refractivity contribution is 7.09. The second-order valence-corrected chi connectivity index (χ2v) is 5.31. The van der Waals surface area contributed by atoms with E-state index in [9.17, 15) is 4.79 Å². The molecular formula is C12H21N3OS. The molecule has 0 fully saturated rings. The molecule has 1 aromatic rings. The highest BCUT2D eigenvalue weighted by Gasteiger charge is 2.18. The summed E-state index contributed by atoms with van der Waals surface area (Å²) in [4.78, 5) is 17.8. The maximum Gasteiger partial charge on any atom is 0.238 e. The molecule has 5 heteroatoms. The maximum atomic E-state index is 11.7. The van der Waals surface area contributed by atoms with Crippen LogP contribution in [0.4, 0.5) is 0 Å². The van der Waals surface area contributed by atoms with Crippen molar-refractivity contribution in [2.45, 2.75) is 39.3 Å². The predicted molar refractivity (Wildman–Crippen MR) is 71.2 cm³/mol. The van der Waals surface area contributed by atoms with Crippen LogP contribution in [0, 0.1) is 0 Å².